The number of halogens is 1. The normalized spacial score (nSPS) is 10.5. The van der Waals surface area contributed by atoms with E-state index in [2.05, 4.69) is 25.6 Å². The zero-order valence-electron chi connectivity index (χ0n) is 18.4. The van der Waals surface area contributed by atoms with Crippen molar-refractivity contribution in [3.8, 4) is 22.9 Å². The van der Waals surface area contributed by atoms with Crippen LogP contribution in [-0.4, -0.2) is 29.2 Å². The van der Waals surface area contributed by atoms with Gasteiger partial charge in [-0.05, 0) is 59.7 Å². The summed E-state index contributed by atoms with van der Waals surface area (Å²) in [7, 11) is 3.27. The van der Waals surface area contributed by atoms with Crippen LogP contribution in [0, 0.1) is 5.82 Å². The molecule has 0 aliphatic carbocycles. The van der Waals surface area contributed by atoms with Crippen molar-refractivity contribution in [2.75, 3.05) is 24.9 Å². The first-order valence-electron chi connectivity index (χ1n) is 10.4. The Bertz CT molecular complexity index is 1110. The maximum Gasteiger partial charge on any atom is 0.228 e. The number of hydrogen-bond donors (Lipinski definition) is 2. The topological polar surface area (TPSA) is 81.2 Å². The highest BCUT2D eigenvalue weighted by atomic mass is 19.1. The maximum absolute atomic E-state index is 13.4. The number of rotatable bonds is 9. The molecular formula is C25H24FN5O2. The van der Waals surface area contributed by atoms with Gasteiger partial charge in [0.2, 0.25) is 11.9 Å². The highest BCUT2D eigenvalue weighted by Crippen LogP contribution is 2.20. The van der Waals surface area contributed by atoms with Crippen LogP contribution in [0.15, 0.2) is 72.8 Å². The van der Waals surface area contributed by atoms with E-state index in [9.17, 15) is 4.39 Å². The molecule has 33 heavy (non-hydrogen) atoms. The lowest BCUT2D eigenvalue weighted by molar-refractivity contribution is 0.414. The summed E-state index contributed by atoms with van der Waals surface area (Å²) in [5.74, 6) is 2.54. The summed E-state index contributed by atoms with van der Waals surface area (Å²) in [6.07, 6.45) is 0. The minimum absolute atomic E-state index is 0.316. The van der Waals surface area contributed by atoms with Gasteiger partial charge in [0.15, 0.2) is 5.82 Å². The zero-order chi connectivity index (χ0) is 23.0. The fourth-order valence-electron chi connectivity index (χ4n) is 3.11. The number of ether oxygens (including phenoxy) is 2. The minimum Gasteiger partial charge on any atom is -0.497 e. The highest BCUT2D eigenvalue weighted by molar-refractivity contribution is 5.58. The molecule has 0 unspecified atom stereocenters. The zero-order valence-corrected chi connectivity index (χ0v) is 18.4. The number of anilines is 2. The van der Waals surface area contributed by atoms with Crippen molar-refractivity contribution in [3.63, 3.8) is 0 Å². The first-order chi connectivity index (χ1) is 16.1. The van der Waals surface area contributed by atoms with Crippen LogP contribution in [0.1, 0.15) is 11.1 Å². The van der Waals surface area contributed by atoms with E-state index in [4.69, 9.17) is 9.47 Å². The van der Waals surface area contributed by atoms with E-state index >= 15 is 0 Å². The Morgan fingerprint density at radius 3 is 1.52 bits per heavy atom. The molecule has 0 saturated heterocycles. The number of benzene rings is 3. The molecule has 4 aromatic rings. The molecule has 0 saturated carbocycles. The number of methoxy groups -OCH3 is 2. The van der Waals surface area contributed by atoms with Gasteiger partial charge in [-0.15, -0.1) is 0 Å². The van der Waals surface area contributed by atoms with Gasteiger partial charge in [0, 0.05) is 18.7 Å². The lowest BCUT2D eigenvalue weighted by Crippen LogP contribution is -2.10. The molecule has 0 spiro atoms. The van der Waals surface area contributed by atoms with Crippen molar-refractivity contribution in [1.29, 1.82) is 0 Å². The maximum atomic E-state index is 13.4. The predicted octanol–water partition coefficient (Wildman–Crippen LogP) is 4.92. The molecule has 7 nitrogen and oxygen atoms in total. The smallest absolute Gasteiger partial charge is 0.228 e. The van der Waals surface area contributed by atoms with Crippen molar-refractivity contribution >= 4 is 11.9 Å². The fraction of sp³-hybridized carbons (Fsp3) is 0.160. The standard InChI is InChI=1S/C25H24FN5O2/c1-32-21-11-3-17(4-12-21)15-27-24-29-23(19-7-9-20(26)10-8-19)30-25(31-24)28-16-18-5-13-22(33-2)14-6-18/h3-14H,15-16H2,1-2H3,(H2,27,28,29,30,31). The lowest BCUT2D eigenvalue weighted by atomic mass is 10.2. The summed E-state index contributed by atoms with van der Waals surface area (Å²) in [6.45, 7) is 1.05. The van der Waals surface area contributed by atoms with Crippen molar-refractivity contribution in [2.24, 2.45) is 0 Å². The predicted molar refractivity (Wildman–Crippen MR) is 126 cm³/mol. The van der Waals surface area contributed by atoms with Crippen molar-refractivity contribution in [1.82, 2.24) is 15.0 Å². The lowest BCUT2D eigenvalue weighted by Gasteiger charge is -2.11. The third-order valence-corrected chi connectivity index (χ3v) is 4.96. The number of aromatic nitrogens is 3. The van der Waals surface area contributed by atoms with Gasteiger partial charge in [-0.1, -0.05) is 24.3 Å². The molecule has 0 bridgehead atoms. The van der Waals surface area contributed by atoms with Crippen LogP contribution in [0.5, 0.6) is 11.5 Å². The van der Waals surface area contributed by atoms with Crippen molar-refractivity contribution < 1.29 is 13.9 Å². The van der Waals surface area contributed by atoms with Crippen LogP contribution in [0.4, 0.5) is 16.3 Å². The fourth-order valence-corrected chi connectivity index (χ4v) is 3.11. The van der Waals surface area contributed by atoms with Gasteiger partial charge >= 0.3 is 0 Å². The molecule has 0 amide bonds. The molecule has 0 radical (unpaired) electrons. The van der Waals surface area contributed by atoms with E-state index in [1.807, 2.05) is 48.5 Å². The average molecular weight is 445 g/mol. The van der Waals surface area contributed by atoms with E-state index in [1.54, 1.807) is 26.4 Å². The van der Waals surface area contributed by atoms with Crippen LogP contribution in [0.2, 0.25) is 0 Å². The van der Waals surface area contributed by atoms with E-state index in [-0.39, 0.29) is 5.82 Å². The second-order valence-electron chi connectivity index (χ2n) is 7.22. The summed E-state index contributed by atoms with van der Waals surface area (Å²) in [5.41, 5.74) is 2.79. The van der Waals surface area contributed by atoms with E-state index in [0.29, 0.717) is 36.4 Å². The Morgan fingerprint density at radius 2 is 1.09 bits per heavy atom. The summed E-state index contributed by atoms with van der Waals surface area (Å²) in [4.78, 5) is 13.6. The molecule has 0 fully saturated rings. The minimum atomic E-state index is -0.316. The van der Waals surface area contributed by atoms with Crippen LogP contribution < -0.4 is 20.1 Å². The molecular weight excluding hydrogens is 421 g/mol. The van der Waals surface area contributed by atoms with Gasteiger partial charge in [0.05, 0.1) is 14.2 Å². The van der Waals surface area contributed by atoms with Crippen LogP contribution >= 0.6 is 0 Å². The Hall–Kier alpha value is -4.20. The Labute approximate surface area is 191 Å². The van der Waals surface area contributed by atoms with Gasteiger partial charge < -0.3 is 20.1 Å². The molecule has 1 aromatic heterocycles. The SMILES string of the molecule is COc1ccc(CNc2nc(NCc3ccc(OC)cc3)nc(-c3ccc(F)cc3)n2)cc1. The van der Waals surface area contributed by atoms with E-state index in [1.165, 1.54) is 12.1 Å². The Morgan fingerprint density at radius 1 is 0.636 bits per heavy atom. The summed E-state index contributed by atoms with van der Waals surface area (Å²) in [6, 6.07) is 21.5. The first kappa shape index (κ1) is 22.0. The summed E-state index contributed by atoms with van der Waals surface area (Å²) >= 11 is 0. The third kappa shape index (κ3) is 5.94. The van der Waals surface area contributed by atoms with Gasteiger partial charge in [0.25, 0.3) is 0 Å². The molecule has 168 valence electrons. The van der Waals surface area contributed by atoms with E-state index in [0.717, 1.165) is 22.6 Å². The number of hydrogen-bond acceptors (Lipinski definition) is 7. The first-order valence-corrected chi connectivity index (χ1v) is 10.4. The Balaban J connectivity index is 1.54. The quantitative estimate of drug-likeness (QED) is 0.378. The second-order valence-corrected chi connectivity index (χ2v) is 7.22. The van der Waals surface area contributed by atoms with Crippen LogP contribution in [-0.2, 0) is 13.1 Å². The van der Waals surface area contributed by atoms with E-state index < -0.39 is 0 Å². The molecule has 0 atom stereocenters. The molecule has 4 rings (SSSR count). The number of nitrogens with one attached hydrogen (secondary N) is 2. The van der Waals surface area contributed by atoms with Gasteiger partial charge in [-0.2, -0.15) is 15.0 Å². The van der Waals surface area contributed by atoms with Gasteiger partial charge in [-0.3, -0.25) is 0 Å². The number of nitrogens with zero attached hydrogens (tertiary/aromatic N) is 3. The van der Waals surface area contributed by atoms with Gasteiger partial charge in [-0.25, -0.2) is 4.39 Å². The van der Waals surface area contributed by atoms with Crippen molar-refractivity contribution in [2.45, 2.75) is 13.1 Å². The molecule has 2 N–H and O–H groups in total. The monoisotopic (exact) mass is 445 g/mol. The summed E-state index contributed by atoms with van der Waals surface area (Å²) < 4.78 is 23.8. The molecule has 0 aliphatic heterocycles. The Kier molecular flexibility index (Phi) is 6.94. The average Bonchev–Trinajstić information content (AvgIpc) is 2.87. The molecule has 1 heterocycles. The second kappa shape index (κ2) is 10.4. The largest absolute Gasteiger partial charge is 0.497 e. The molecule has 3 aromatic carbocycles. The summed E-state index contributed by atoms with van der Waals surface area (Å²) in [5, 5.41) is 6.48. The highest BCUT2D eigenvalue weighted by Gasteiger charge is 2.10. The molecule has 8 heteroatoms. The van der Waals surface area contributed by atoms with Gasteiger partial charge in [0.1, 0.15) is 17.3 Å². The van der Waals surface area contributed by atoms with Crippen LogP contribution in [0.25, 0.3) is 11.4 Å². The van der Waals surface area contributed by atoms with Crippen LogP contribution in [0.3, 0.4) is 0 Å². The third-order valence-electron chi connectivity index (χ3n) is 4.96. The van der Waals surface area contributed by atoms with Crippen molar-refractivity contribution in [3.05, 3.63) is 89.7 Å². The molecule has 0 aliphatic rings.